The van der Waals surface area contributed by atoms with Gasteiger partial charge < -0.3 is 5.32 Å². The van der Waals surface area contributed by atoms with Gasteiger partial charge in [0.25, 0.3) is 0 Å². The molecule has 0 aliphatic carbocycles. The molecule has 72 valence electrons. The smallest absolute Gasteiger partial charge is 0.145 e. The molecule has 0 atom stereocenters. The predicted octanol–water partition coefficient (Wildman–Crippen LogP) is 1.28. The van der Waals surface area contributed by atoms with E-state index in [9.17, 15) is 0 Å². The van der Waals surface area contributed by atoms with Gasteiger partial charge in [-0.2, -0.15) is 10.5 Å². The summed E-state index contributed by atoms with van der Waals surface area (Å²) in [4.78, 5) is 4.29. The Labute approximate surface area is 92.5 Å². The molecule has 0 aliphatic heterocycles. The molecule has 0 bridgehead atoms. The maximum atomic E-state index is 8.48. The fourth-order valence-electron chi connectivity index (χ4n) is 0.814. The third kappa shape index (κ3) is 3.18. The number of aromatic nitrogens is 1. The van der Waals surface area contributed by atoms with E-state index in [4.69, 9.17) is 22.7 Å². The Balaban J connectivity index is 2.71. The summed E-state index contributed by atoms with van der Waals surface area (Å²) in [5.74, 6) is 0. The lowest BCUT2D eigenvalue weighted by molar-refractivity contribution is 1.26. The first kappa shape index (κ1) is 10.8. The zero-order chi connectivity index (χ0) is 11.1. The van der Waals surface area contributed by atoms with Gasteiger partial charge in [-0.05, 0) is 12.1 Å². The van der Waals surface area contributed by atoms with Crippen molar-refractivity contribution in [3.63, 3.8) is 0 Å². The van der Waals surface area contributed by atoms with Gasteiger partial charge in [0.2, 0.25) is 0 Å². The van der Waals surface area contributed by atoms with Crippen LogP contribution in [-0.4, -0.2) is 9.97 Å². The summed E-state index contributed by atoms with van der Waals surface area (Å²) in [6, 6.07) is 6.92. The van der Waals surface area contributed by atoms with Crippen molar-refractivity contribution in [3.05, 3.63) is 41.9 Å². The summed E-state index contributed by atoms with van der Waals surface area (Å²) in [5, 5.41) is 19.6. The fraction of sp³-hybridized carbons (Fsp3) is 0. The molecule has 0 radical (unpaired) electrons. The first-order chi connectivity index (χ1) is 7.27. The van der Waals surface area contributed by atoms with Crippen LogP contribution >= 0.6 is 12.2 Å². The molecule has 0 unspecified atom stereocenters. The van der Waals surface area contributed by atoms with Crippen LogP contribution in [0.25, 0.3) is 0 Å². The quantitative estimate of drug-likeness (QED) is 0.593. The Morgan fingerprint density at radius 1 is 1.33 bits per heavy atom. The number of thiocarbonyl (C=S) groups is 1. The standard InChI is InChI=1S/C10H6N4S/c11-5-8(6-12)7-14-10(15)9-1-3-13-4-2-9/h1-4,7H,(H,14,15). The van der Waals surface area contributed by atoms with E-state index >= 15 is 0 Å². The maximum absolute atomic E-state index is 8.48. The van der Waals surface area contributed by atoms with Crippen molar-refractivity contribution < 1.29 is 0 Å². The second-order valence-electron chi connectivity index (χ2n) is 2.49. The predicted molar refractivity (Wildman–Crippen MR) is 58.4 cm³/mol. The normalized spacial score (nSPS) is 8.13. The van der Waals surface area contributed by atoms with Crippen molar-refractivity contribution in [2.45, 2.75) is 0 Å². The van der Waals surface area contributed by atoms with E-state index in [2.05, 4.69) is 10.3 Å². The minimum Gasteiger partial charge on any atom is -0.350 e. The van der Waals surface area contributed by atoms with Crippen LogP contribution in [0.2, 0.25) is 0 Å². The van der Waals surface area contributed by atoms with E-state index in [1.165, 1.54) is 6.20 Å². The summed E-state index contributed by atoms with van der Waals surface area (Å²) < 4.78 is 0. The third-order valence-corrected chi connectivity index (χ3v) is 1.88. The molecular weight excluding hydrogens is 208 g/mol. The maximum Gasteiger partial charge on any atom is 0.145 e. The van der Waals surface area contributed by atoms with E-state index in [-0.39, 0.29) is 5.57 Å². The molecule has 1 aromatic rings. The van der Waals surface area contributed by atoms with Crippen molar-refractivity contribution in [2.24, 2.45) is 0 Å². The van der Waals surface area contributed by atoms with Crippen LogP contribution in [0.4, 0.5) is 0 Å². The number of nitrogens with one attached hydrogen (secondary N) is 1. The Hall–Kier alpha value is -2.24. The average molecular weight is 214 g/mol. The van der Waals surface area contributed by atoms with Gasteiger partial charge in [-0.1, -0.05) is 12.2 Å². The number of nitriles is 2. The number of hydrogen-bond donors (Lipinski definition) is 1. The van der Waals surface area contributed by atoms with Crippen molar-refractivity contribution in [1.82, 2.24) is 10.3 Å². The number of hydrogen-bond acceptors (Lipinski definition) is 4. The van der Waals surface area contributed by atoms with Crippen LogP contribution in [-0.2, 0) is 0 Å². The van der Waals surface area contributed by atoms with Crippen LogP contribution in [0.3, 0.4) is 0 Å². The molecule has 1 rings (SSSR count). The summed E-state index contributed by atoms with van der Waals surface area (Å²) >= 11 is 5.03. The topological polar surface area (TPSA) is 72.5 Å². The van der Waals surface area contributed by atoms with Gasteiger partial charge in [0.05, 0.1) is 0 Å². The molecule has 0 saturated heterocycles. The largest absolute Gasteiger partial charge is 0.350 e. The Bertz CT molecular complexity index is 448. The minimum atomic E-state index is -0.0218. The molecule has 0 spiro atoms. The lowest BCUT2D eigenvalue weighted by Crippen LogP contribution is -2.16. The van der Waals surface area contributed by atoms with Gasteiger partial charge in [-0.25, -0.2) is 0 Å². The lowest BCUT2D eigenvalue weighted by Gasteiger charge is -2.01. The second kappa shape index (κ2) is 5.48. The van der Waals surface area contributed by atoms with Crippen molar-refractivity contribution in [1.29, 1.82) is 10.5 Å². The van der Waals surface area contributed by atoms with Crippen LogP contribution in [0, 0.1) is 22.7 Å². The highest BCUT2D eigenvalue weighted by Crippen LogP contribution is 1.97. The minimum absolute atomic E-state index is 0.0218. The van der Waals surface area contributed by atoms with Gasteiger partial charge in [-0.3, -0.25) is 4.98 Å². The molecule has 0 aliphatic rings. The summed E-state index contributed by atoms with van der Waals surface area (Å²) in [6.45, 7) is 0. The van der Waals surface area contributed by atoms with E-state index in [0.717, 1.165) is 5.56 Å². The lowest BCUT2D eigenvalue weighted by atomic mass is 10.2. The zero-order valence-electron chi connectivity index (χ0n) is 7.64. The van der Waals surface area contributed by atoms with E-state index in [1.807, 2.05) is 0 Å². The first-order valence-electron chi connectivity index (χ1n) is 3.99. The van der Waals surface area contributed by atoms with Crippen molar-refractivity contribution >= 4 is 17.2 Å². The molecule has 0 aromatic carbocycles. The second-order valence-corrected chi connectivity index (χ2v) is 2.90. The van der Waals surface area contributed by atoms with Crippen molar-refractivity contribution in [3.8, 4) is 12.1 Å². The van der Waals surface area contributed by atoms with Gasteiger partial charge >= 0.3 is 0 Å². The summed E-state index contributed by atoms with van der Waals surface area (Å²) in [7, 11) is 0. The van der Waals surface area contributed by atoms with Gasteiger partial charge in [0.15, 0.2) is 0 Å². The van der Waals surface area contributed by atoms with Crippen molar-refractivity contribution in [2.75, 3.05) is 0 Å². The van der Waals surface area contributed by atoms with E-state index < -0.39 is 0 Å². The number of rotatable bonds is 2. The van der Waals surface area contributed by atoms with Crippen LogP contribution in [0.5, 0.6) is 0 Å². The van der Waals surface area contributed by atoms with E-state index in [1.54, 1.807) is 36.7 Å². The first-order valence-corrected chi connectivity index (χ1v) is 4.40. The van der Waals surface area contributed by atoms with E-state index in [0.29, 0.717) is 4.99 Å². The zero-order valence-corrected chi connectivity index (χ0v) is 8.45. The molecule has 4 nitrogen and oxygen atoms in total. The fourth-order valence-corrected chi connectivity index (χ4v) is 1.01. The molecular formula is C10H6N4S. The molecule has 1 heterocycles. The Morgan fingerprint density at radius 2 is 1.93 bits per heavy atom. The Kier molecular flexibility index (Phi) is 3.96. The molecule has 1 N–H and O–H groups in total. The molecule has 0 amide bonds. The summed E-state index contributed by atoms with van der Waals surface area (Å²) in [6.07, 6.45) is 4.51. The highest BCUT2D eigenvalue weighted by Gasteiger charge is 1.98. The van der Waals surface area contributed by atoms with Gasteiger partial charge in [-0.15, -0.1) is 0 Å². The number of allylic oxidation sites excluding steroid dienone is 1. The number of pyridine rings is 1. The van der Waals surface area contributed by atoms with Gasteiger partial charge in [0, 0.05) is 24.2 Å². The monoisotopic (exact) mass is 214 g/mol. The van der Waals surface area contributed by atoms with Crippen LogP contribution < -0.4 is 5.32 Å². The Morgan fingerprint density at radius 3 is 2.47 bits per heavy atom. The molecule has 0 saturated carbocycles. The highest BCUT2D eigenvalue weighted by molar-refractivity contribution is 7.80. The molecule has 0 fully saturated rings. The SMILES string of the molecule is N#CC(C#N)=CNC(=S)c1ccncc1. The average Bonchev–Trinajstić information content (AvgIpc) is 2.31. The third-order valence-electron chi connectivity index (χ3n) is 1.53. The van der Waals surface area contributed by atoms with Crippen LogP contribution in [0.1, 0.15) is 5.56 Å². The molecule has 1 aromatic heterocycles. The van der Waals surface area contributed by atoms with Crippen LogP contribution in [0.15, 0.2) is 36.3 Å². The molecule has 5 heteroatoms. The van der Waals surface area contributed by atoms with Gasteiger partial charge in [0.1, 0.15) is 22.7 Å². The summed E-state index contributed by atoms with van der Waals surface area (Å²) in [5.41, 5.74) is 0.762. The number of nitrogens with zero attached hydrogens (tertiary/aromatic N) is 3. The highest BCUT2D eigenvalue weighted by atomic mass is 32.1. The molecule has 15 heavy (non-hydrogen) atoms.